The molecule has 4 aromatic rings. The van der Waals surface area contributed by atoms with Crippen molar-refractivity contribution in [2.24, 2.45) is 0 Å². The number of nitrogens with one attached hydrogen (secondary N) is 4. The minimum atomic E-state index is -4.35. The molecule has 6 heterocycles. The Morgan fingerprint density at radius 1 is 0.893 bits per heavy atom. The van der Waals surface area contributed by atoms with Crippen LogP contribution in [-0.4, -0.2) is 127 Å². The number of allylic oxidation sites excluding steroid dienone is 2. The Labute approximate surface area is 481 Å². The fraction of sp³-hybridized carbons (Fsp3) is 0.444. The first-order chi connectivity index (χ1) is 39.9. The number of alkyl halides is 2. The van der Waals surface area contributed by atoms with Crippen LogP contribution in [-0.2, 0) is 56.3 Å². The van der Waals surface area contributed by atoms with E-state index < -0.39 is 118 Å². The third-order valence-corrected chi connectivity index (χ3v) is 16.0. The van der Waals surface area contributed by atoms with E-state index in [4.69, 9.17) is 37.0 Å². The molecule has 6 N–H and O–H groups in total. The van der Waals surface area contributed by atoms with E-state index in [-0.39, 0.29) is 55.1 Å². The van der Waals surface area contributed by atoms with E-state index in [0.29, 0.717) is 25.7 Å². The Kier molecular flexibility index (Phi) is 23.7. The number of anilines is 2. The molecule has 2 aromatic heterocycles. The van der Waals surface area contributed by atoms with Gasteiger partial charge in [0.25, 0.3) is 0 Å². The van der Waals surface area contributed by atoms with Gasteiger partial charge in [0.05, 0.1) is 26.4 Å². The van der Waals surface area contributed by atoms with Crippen molar-refractivity contribution < 1.29 is 84.3 Å². The quantitative estimate of drug-likeness (QED) is 0.0285. The van der Waals surface area contributed by atoms with Crippen LogP contribution in [0.4, 0.5) is 20.4 Å². The number of fused-ring (bicyclic) bond motifs is 15. The molecule has 84 heavy (non-hydrogen) atoms. The van der Waals surface area contributed by atoms with Crippen LogP contribution < -0.4 is 41.2 Å². The van der Waals surface area contributed by atoms with Gasteiger partial charge in [-0.1, -0.05) is 60.7 Å². The number of aliphatic hydroxyl groups is 2. The maximum Gasteiger partial charge on any atom is 0.459 e. The summed E-state index contributed by atoms with van der Waals surface area (Å²) < 4.78 is 104. The lowest BCUT2D eigenvalue weighted by Crippen LogP contribution is -2.43. The molecule has 2 saturated heterocycles. The van der Waals surface area contributed by atoms with Crippen LogP contribution in [0, 0.1) is 0 Å². The summed E-state index contributed by atoms with van der Waals surface area (Å²) in [6.07, 6.45) is 1.04. The lowest BCUT2D eigenvalue weighted by atomic mass is 9.98. The summed E-state index contributed by atoms with van der Waals surface area (Å²) in [7, 11) is -8.68. The van der Waals surface area contributed by atoms with Gasteiger partial charge in [-0.3, -0.25) is 37.4 Å². The Balaban J connectivity index is 0.000000270. The number of hydrogen-bond donors (Lipinski definition) is 6. The summed E-state index contributed by atoms with van der Waals surface area (Å²) in [5, 5.41) is 31.5. The molecule has 5 unspecified atom stereocenters. The van der Waals surface area contributed by atoms with E-state index in [0.717, 1.165) is 23.0 Å². The van der Waals surface area contributed by atoms with E-state index in [1.807, 2.05) is 0 Å². The molecule has 2 aromatic carbocycles. The summed E-state index contributed by atoms with van der Waals surface area (Å²) >= 11 is 0. The third-order valence-electron chi connectivity index (χ3n) is 12.7. The number of para-hydroxylation sites is 2. The van der Waals surface area contributed by atoms with Gasteiger partial charge in [-0.2, -0.15) is 20.1 Å². The standard InChI is InChI=1S/C28H36FN4O9P.C26H32FN4O9P/c1-5-7-14-23(34)30-22-15-16-33(27(37)31-22)26-28(4,29)24(35)21(41-26)18-40-43(38,42-20-12-10-9-11-13-20)32-19(3)25(36)39-17-8-6-2;1-17-23(34)37-15-9-4-3-8-12-21(32)28-20-13-14-31(25(35)29-20)24-26(2,27)22(33)19(39-24)16-38-41(36,30-17)40-18-10-6-5-7-11-18/h5-6,9-13,15-16,19,21,24,26,35H,1-2,7-8,14,17-18H2,3-4H3,(H,32,38)(H,30,31,34,37);3-7,10-11,13-14,17,19,22,24,33H,8-9,12,15-16H2,1-2H3,(H,30,36)(H,28,29,32,35)/t19-,21+,24?,26+,28-,43?;17-,19?,22+,24?,26+,41?/m00/s1. The smallest absolute Gasteiger partial charge is 0.459 e. The first kappa shape index (κ1) is 66.0. The van der Waals surface area contributed by atoms with Crippen LogP contribution in [0.1, 0.15) is 78.7 Å². The summed E-state index contributed by atoms with van der Waals surface area (Å²) in [4.78, 5) is 82.1. The van der Waals surface area contributed by atoms with Crippen molar-refractivity contribution in [2.45, 2.75) is 127 Å². The highest BCUT2D eigenvalue weighted by atomic mass is 31.2. The lowest BCUT2D eigenvalue weighted by Gasteiger charge is -2.25. The third kappa shape index (κ3) is 18.2. The molecule has 4 bridgehead atoms. The number of halogens is 2. The zero-order chi connectivity index (χ0) is 61.2. The molecule has 4 aliphatic heterocycles. The van der Waals surface area contributed by atoms with Crippen molar-refractivity contribution >= 4 is 50.9 Å². The van der Waals surface area contributed by atoms with Gasteiger partial charge < -0.3 is 48.8 Å². The highest BCUT2D eigenvalue weighted by Crippen LogP contribution is 2.49. The Morgan fingerprint density at radius 2 is 1.51 bits per heavy atom. The molecule has 12 atom stereocenters. The van der Waals surface area contributed by atoms with Crippen LogP contribution in [0.5, 0.6) is 11.5 Å². The molecule has 30 heteroatoms. The number of carbonyl (C=O) groups excluding carboxylic acids is 4. The molecular formula is C54H68F2N8O18P2. The van der Waals surface area contributed by atoms with E-state index >= 15 is 8.78 Å². The van der Waals surface area contributed by atoms with Gasteiger partial charge in [-0.05, 0) is 89.8 Å². The molecule has 2 amide bonds. The Morgan fingerprint density at radius 3 is 2.17 bits per heavy atom. The van der Waals surface area contributed by atoms with Gasteiger partial charge in [0, 0.05) is 25.2 Å². The molecule has 0 aliphatic carbocycles. The lowest BCUT2D eigenvalue weighted by molar-refractivity contribution is -0.146. The fourth-order valence-corrected chi connectivity index (χ4v) is 11.2. The molecule has 26 nitrogen and oxygen atoms in total. The minimum Gasteiger partial charge on any atom is -0.464 e. The molecular weight excluding hydrogens is 1150 g/mol. The number of amides is 2. The Hall–Kier alpha value is -7.10. The average Bonchev–Trinajstić information content (AvgIpc) is 2.01. The van der Waals surface area contributed by atoms with Gasteiger partial charge in [0.2, 0.25) is 11.8 Å². The molecule has 0 spiro atoms. The summed E-state index contributed by atoms with van der Waals surface area (Å²) in [5.74, 6) is -2.03. The predicted molar refractivity (Wildman–Crippen MR) is 299 cm³/mol. The summed E-state index contributed by atoms with van der Waals surface area (Å²) in [5.41, 5.74) is -6.90. The topological polar surface area (TPSA) is 335 Å². The maximum absolute atomic E-state index is 15.8. The van der Waals surface area contributed by atoms with Crippen molar-refractivity contribution in [1.29, 1.82) is 0 Å². The van der Waals surface area contributed by atoms with Gasteiger partial charge in [-0.25, -0.2) is 27.5 Å². The number of aromatic nitrogens is 4. The van der Waals surface area contributed by atoms with Gasteiger partial charge in [0.15, 0.2) is 23.8 Å². The normalized spacial score (nSPS) is 27.6. The first-order valence-electron chi connectivity index (χ1n) is 26.5. The van der Waals surface area contributed by atoms with Crippen LogP contribution in [0.3, 0.4) is 0 Å². The van der Waals surface area contributed by atoms with Crippen LogP contribution >= 0.6 is 15.5 Å². The number of carbonyl (C=O) groups is 4. The SMILES string of the molecule is C=CCCOC(=O)[C@H](C)NP(=O)(OC[C@H]1O[C@@H](n2ccc(NC(=O)CCC=C)nc2=O)[C@@](C)(F)C1O)Oc1ccccc1.C[C@@H]1NP(=O)(Oc2ccccc2)OCC2OC(n3ccc(nc3=O)NC(=O)CCC=CCCOC1=O)[C@](C)(F)[C@@H]2O. The molecule has 8 rings (SSSR count). The number of ether oxygens (including phenoxy) is 4. The average molecular weight is 1220 g/mol. The van der Waals surface area contributed by atoms with E-state index in [2.05, 4.69) is 43.9 Å². The molecule has 0 saturated carbocycles. The van der Waals surface area contributed by atoms with E-state index in [9.17, 15) is 48.1 Å². The van der Waals surface area contributed by atoms with Crippen molar-refractivity contribution in [3.63, 3.8) is 0 Å². The van der Waals surface area contributed by atoms with Crippen molar-refractivity contribution in [3.05, 3.63) is 144 Å². The second-order valence-corrected chi connectivity index (χ2v) is 22.9. The van der Waals surface area contributed by atoms with Crippen molar-refractivity contribution in [2.75, 3.05) is 37.1 Å². The van der Waals surface area contributed by atoms with Crippen LogP contribution in [0.15, 0.2) is 132 Å². The summed E-state index contributed by atoms with van der Waals surface area (Å²) in [6, 6.07) is 16.3. The minimum absolute atomic E-state index is 0.0248. The monoisotopic (exact) mass is 1220 g/mol. The zero-order valence-electron chi connectivity index (χ0n) is 46.4. The van der Waals surface area contributed by atoms with E-state index in [1.54, 1.807) is 60.7 Å². The highest BCUT2D eigenvalue weighted by molar-refractivity contribution is 7.52. The van der Waals surface area contributed by atoms with Gasteiger partial charge in [0.1, 0.15) is 59.6 Å². The molecule has 2 fully saturated rings. The molecule has 4 aliphatic rings. The number of nitrogens with zero attached hydrogens (tertiary/aromatic N) is 4. The predicted octanol–water partition coefficient (Wildman–Crippen LogP) is 6.07. The van der Waals surface area contributed by atoms with Crippen LogP contribution in [0.2, 0.25) is 0 Å². The largest absolute Gasteiger partial charge is 0.464 e. The zero-order valence-corrected chi connectivity index (χ0v) is 48.2. The number of hydrogen-bond acceptors (Lipinski definition) is 20. The highest BCUT2D eigenvalue weighted by Gasteiger charge is 2.57. The summed E-state index contributed by atoms with van der Waals surface area (Å²) in [6.45, 7) is 10.7. The molecule has 0 radical (unpaired) electrons. The second kappa shape index (κ2) is 30.1. The first-order valence-corrected chi connectivity index (χ1v) is 29.5. The van der Waals surface area contributed by atoms with Gasteiger partial charge in [-0.15, -0.1) is 13.2 Å². The number of esters is 2. The number of benzene rings is 2. The fourth-order valence-electron chi connectivity index (χ4n) is 8.18. The maximum atomic E-state index is 15.8. The van der Waals surface area contributed by atoms with Crippen molar-refractivity contribution in [1.82, 2.24) is 29.3 Å². The number of aliphatic hydroxyl groups excluding tert-OH is 2. The molecule has 456 valence electrons. The van der Waals surface area contributed by atoms with E-state index in [1.165, 1.54) is 62.6 Å². The number of rotatable bonds is 18. The Bertz CT molecular complexity index is 3170. The van der Waals surface area contributed by atoms with Crippen LogP contribution in [0.25, 0.3) is 0 Å². The second-order valence-electron chi connectivity index (χ2n) is 19.5. The van der Waals surface area contributed by atoms with Gasteiger partial charge >= 0.3 is 38.8 Å². The van der Waals surface area contributed by atoms with Crippen molar-refractivity contribution in [3.8, 4) is 11.5 Å².